The molecule has 0 fully saturated rings. The number of halogens is 1. The maximum atomic E-state index is 11.2. The van der Waals surface area contributed by atoms with E-state index in [0.717, 1.165) is 0 Å². The first-order valence-electron chi connectivity index (χ1n) is 7.30. The molecule has 84 valence electrons. The van der Waals surface area contributed by atoms with Gasteiger partial charge in [-0.3, -0.25) is 4.79 Å². The second kappa shape index (κ2) is 4.98. The fraction of sp³-hybridized carbons (Fsp3) is 0. The molecule has 0 aliphatic carbocycles. The van der Waals surface area contributed by atoms with Gasteiger partial charge in [0.15, 0.2) is 6.29 Å². The molecule has 0 unspecified atom stereocenters. The van der Waals surface area contributed by atoms with Crippen LogP contribution in [0.1, 0.15) is 28.3 Å². The van der Waals surface area contributed by atoms with Crippen LogP contribution in [0.4, 0.5) is 0 Å². The summed E-state index contributed by atoms with van der Waals surface area (Å²) in [7, 11) is 0. The maximum absolute atomic E-state index is 11.2. The lowest BCUT2D eigenvalue weighted by atomic mass is 9.96. The summed E-state index contributed by atoms with van der Waals surface area (Å²) >= 11 is 5.83. The smallest absolute Gasteiger partial charge is 0.150 e. The number of carbonyl (C=O) groups is 1. The lowest BCUT2D eigenvalue weighted by Crippen LogP contribution is -1.92. The van der Waals surface area contributed by atoms with Gasteiger partial charge in [-0.1, -0.05) is 54.5 Å². The van der Waals surface area contributed by atoms with E-state index in [0.29, 0.717) is 16.9 Å². The topological polar surface area (TPSA) is 17.1 Å². The third-order valence-electron chi connectivity index (χ3n) is 2.27. The van der Waals surface area contributed by atoms with E-state index in [1.54, 1.807) is 6.07 Å². The third kappa shape index (κ3) is 2.45. The van der Waals surface area contributed by atoms with Crippen LogP contribution < -0.4 is 0 Å². The third-order valence-corrected chi connectivity index (χ3v) is 2.50. The van der Waals surface area contributed by atoms with E-state index in [9.17, 15) is 4.79 Å². The summed E-state index contributed by atoms with van der Waals surface area (Å²) in [6.45, 7) is 3.80. The van der Waals surface area contributed by atoms with Gasteiger partial charge >= 0.3 is 0 Å². The summed E-state index contributed by atoms with van der Waals surface area (Å²) in [5.74, 6) is 0. The van der Waals surface area contributed by atoms with Crippen molar-refractivity contribution in [2.75, 3.05) is 0 Å². The molecule has 2 rings (SSSR count). The Balaban J connectivity index is 2.73. The van der Waals surface area contributed by atoms with E-state index in [2.05, 4.69) is 6.58 Å². The molecule has 17 heavy (non-hydrogen) atoms. The van der Waals surface area contributed by atoms with Crippen molar-refractivity contribution in [3.8, 4) is 0 Å². The predicted octanol–water partition coefficient (Wildman–Crippen LogP) is 4.21. The van der Waals surface area contributed by atoms with Crippen molar-refractivity contribution < 1.29 is 11.6 Å². The van der Waals surface area contributed by atoms with Crippen LogP contribution >= 0.6 is 11.6 Å². The quantitative estimate of drug-likeness (QED) is 0.743. The highest BCUT2D eigenvalue weighted by atomic mass is 35.5. The van der Waals surface area contributed by atoms with Gasteiger partial charge in [-0.2, -0.15) is 0 Å². The second-order valence-electron chi connectivity index (χ2n) is 3.33. The number of rotatable bonds is 3. The summed E-state index contributed by atoms with van der Waals surface area (Å²) in [6, 6.07) is 2.44. The Morgan fingerprint density at radius 3 is 2.65 bits per heavy atom. The van der Waals surface area contributed by atoms with Crippen LogP contribution in [-0.4, -0.2) is 6.29 Å². The van der Waals surface area contributed by atoms with Gasteiger partial charge in [-0.05, 0) is 28.8 Å². The molecular weight excluding hydrogens is 232 g/mol. The van der Waals surface area contributed by atoms with Gasteiger partial charge in [0.25, 0.3) is 0 Å². The monoisotopic (exact) mass is 247 g/mol. The van der Waals surface area contributed by atoms with Crippen molar-refractivity contribution in [1.82, 2.24) is 0 Å². The minimum atomic E-state index is -0.474. The van der Waals surface area contributed by atoms with Gasteiger partial charge in [0, 0.05) is 10.6 Å². The number of hydrogen-bond donors (Lipinski definition) is 0. The normalized spacial score (nSPS) is 14.1. The van der Waals surface area contributed by atoms with E-state index in [4.69, 9.17) is 18.5 Å². The number of benzene rings is 2. The standard InChI is InChI=1S/C15H11ClO/c1-11(12-5-3-2-4-6-12)15-8-7-14(16)9-13(15)10-17/h2-10H,1H2/i2D,3D,4D,5D,6D. The van der Waals surface area contributed by atoms with Crippen LogP contribution in [0.25, 0.3) is 5.57 Å². The maximum Gasteiger partial charge on any atom is 0.150 e. The van der Waals surface area contributed by atoms with Gasteiger partial charge in [0.05, 0.1) is 6.85 Å². The summed E-state index contributed by atoms with van der Waals surface area (Å²) in [5.41, 5.74) is 0.759. The fourth-order valence-corrected chi connectivity index (χ4v) is 1.62. The molecule has 2 aromatic rings. The van der Waals surface area contributed by atoms with Crippen LogP contribution in [0.5, 0.6) is 0 Å². The molecule has 0 saturated carbocycles. The lowest BCUT2D eigenvalue weighted by Gasteiger charge is -2.09. The van der Waals surface area contributed by atoms with Crippen LogP contribution in [0, 0.1) is 0 Å². The highest BCUT2D eigenvalue weighted by Gasteiger charge is 2.07. The summed E-state index contributed by atoms with van der Waals surface area (Å²) in [4.78, 5) is 11.2. The fourth-order valence-electron chi connectivity index (χ4n) is 1.44. The van der Waals surface area contributed by atoms with Crippen molar-refractivity contribution in [2.45, 2.75) is 0 Å². The first kappa shape index (κ1) is 6.77. The highest BCUT2D eigenvalue weighted by Crippen LogP contribution is 2.25. The molecule has 0 amide bonds. The van der Waals surface area contributed by atoms with Gasteiger partial charge < -0.3 is 0 Å². The minimum absolute atomic E-state index is 0.0311. The molecule has 2 aromatic carbocycles. The molecule has 1 nitrogen and oxygen atoms in total. The molecule has 0 N–H and O–H groups in total. The zero-order valence-electron chi connectivity index (χ0n) is 13.8. The molecule has 0 spiro atoms. The molecule has 0 aliphatic heterocycles. The van der Waals surface area contributed by atoms with E-state index in [-0.39, 0.29) is 28.8 Å². The Hall–Kier alpha value is -1.86. The van der Waals surface area contributed by atoms with Crippen molar-refractivity contribution in [1.29, 1.82) is 0 Å². The van der Waals surface area contributed by atoms with Crippen molar-refractivity contribution in [2.24, 2.45) is 0 Å². The number of carbonyl (C=O) groups excluding carboxylic acids is 1. The van der Waals surface area contributed by atoms with Gasteiger partial charge in [-0.25, -0.2) is 0 Å². The molecule has 0 bridgehead atoms. The molecule has 0 saturated heterocycles. The summed E-state index contributed by atoms with van der Waals surface area (Å²) in [6.07, 6.45) is 0.585. The van der Waals surface area contributed by atoms with Crippen molar-refractivity contribution in [3.63, 3.8) is 0 Å². The Bertz CT molecular complexity index is 772. The Morgan fingerprint density at radius 2 is 2.00 bits per heavy atom. The van der Waals surface area contributed by atoms with E-state index < -0.39 is 18.1 Å². The van der Waals surface area contributed by atoms with Crippen LogP contribution in [-0.2, 0) is 0 Å². The number of aldehydes is 1. The van der Waals surface area contributed by atoms with Crippen LogP contribution in [0.15, 0.2) is 55.0 Å². The first-order chi connectivity index (χ1) is 10.3. The lowest BCUT2D eigenvalue weighted by molar-refractivity contribution is 0.112. The molecule has 0 aromatic heterocycles. The molecule has 0 radical (unpaired) electrons. The average Bonchev–Trinajstić information content (AvgIpc) is 2.50. The van der Waals surface area contributed by atoms with Crippen molar-refractivity contribution in [3.05, 3.63) is 76.7 Å². The van der Waals surface area contributed by atoms with E-state index >= 15 is 0 Å². The molecule has 0 atom stereocenters. The molecule has 0 heterocycles. The summed E-state index contributed by atoms with van der Waals surface area (Å²) < 4.78 is 38.8. The number of hydrogen-bond acceptors (Lipinski definition) is 1. The molecular formula is C15H11ClO. The summed E-state index contributed by atoms with van der Waals surface area (Å²) in [5, 5.41) is 0.361. The zero-order valence-corrected chi connectivity index (χ0v) is 9.56. The molecule has 2 heteroatoms. The predicted molar refractivity (Wildman–Crippen MR) is 71.4 cm³/mol. The Labute approximate surface area is 112 Å². The van der Waals surface area contributed by atoms with E-state index in [1.165, 1.54) is 12.1 Å². The Morgan fingerprint density at radius 1 is 1.29 bits per heavy atom. The highest BCUT2D eigenvalue weighted by molar-refractivity contribution is 6.31. The average molecular weight is 248 g/mol. The first-order valence-corrected chi connectivity index (χ1v) is 5.18. The van der Waals surface area contributed by atoms with E-state index in [1.807, 2.05) is 0 Å². The van der Waals surface area contributed by atoms with Gasteiger partial charge in [-0.15, -0.1) is 0 Å². The minimum Gasteiger partial charge on any atom is -0.298 e. The SMILES string of the molecule is [2H]c1c([2H])c([2H])c(C(=C)c2ccc(Cl)cc2C=O)c([2H])c1[2H]. The Kier molecular flexibility index (Phi) is 1.98. The zero-order chi connectivity index (χ0) is 16.6. The van der Waals surface area contributed by atoms with Gasteiger partial charge in [0.1, 0.15) is 0 Å². The van der Waals surface area contributed by atoms with Crippen LogP contribution in [0.3, 0.4) is 0 Å². The van der Waals surface area contributed by atoms with Crippen LogP contribution in [0.2, 0.25) is 5.02 Å². The van der Waals surface area contributed by atoms with Gasteiger partial charge in [0.2, 0.25) is 0 Å². The van der Waals surface area contributed by atoms with Crippen molar-refractivity contribution >= 4 is 23.5 Å². The second-order valence-corrected chi connectivity index (χ2v) is 3.76. The largest absolute Gasteiger partial charge is 0.298 e. The molecule has 0 aliphatic rings.